The van der Waals surface area contributed by atoms with Gasteiger partial charge in [0.25, 0.3) is 0 Å². The van der Waals surface area contributed by atoms with Crippen molar-refractivity contribution in [3.8, 4) is 0 Å². The van der Waals surface area contributed by atoms with Gasteiger partial charge in [-0.3, -0.25) is 0 Å². The standard InChI is InChI=1S/C15H30N2/c1-13(14-8-4-3-5-9-14)16-12-15-10-6-7-11-17(15)2/h13-16H,3-12H2,1-2H3/t13-,15?/m1/s1. The molecule has 0 bridgehead atoms. The zero-order valence-electron chi connectivity index (χ0n) is 11.8. The molecule has 0 aromatic rings. The molecule has 2 heteroatoms. The normalized spacial score (nSPS) is 30.4. The Hall–Kier alpha value is -0.0800. The second-order valence-electron chi connectivity index (χ2n) is 6.23. The van der Waals surface area contributed by atoms with Crippen LogP contribution in [0.4, 0.5) is 0 Å². The van der Waals surface area contributed by atoms with Crippen molar-refractivity contribution in [3.05, 3.63) is 0 Å². The molecule has 2 aliphatic rings. The Kier molecular flexibility index (Phi) is 5.30. The Balaban J connectivity index is 1.69. The lowest BCUT2D eigenvalue weighted by Gasteiger charge is -2.35. The maximum Gasteiger partial charge on any atom is 0.0217 e. The number of likely N-dealkylation sites (N-methyl/N-ethyl adjacent to an activating group) is 1. The number of hydrogen-bond donors (Lipinski definition) is 1. The molecule has 17 heavy (non-hydrogen) atoms. The van der Waals surface area contributed by atoms with Crippen molar-refractivity contribution < 1.29 is 0 Å². The highest BCUT2D eigenvalue weighted by Gasteiger charge is 2.23. The van der Waals surface area contributed by atoms with Crippen LogP contribution in [-0.2, 0) is 0 Å². The lowest BCUT2D eigenvalue weighted by atomic mass is 9.84. The number of piperidine rings is 1. The van der Waals surface area contributed by atoms with Crippen LogP contribution in [0.25, 0.3) is 0 Å². The zero-order chi connectivity index (χ0) is 12.1. The molecule has 100 valence electrons. The van der Waals surface area contributed by atoms with E-state index < -0.39 is 0 Å². The molecular weight excluding hydrogens is 208 g/mol. The van der Waals surface area contributed by atoms with Crippen LogP contribution < -0.4 is 5.32 Å². The summed E-state index contributed by atoms with van der Waals surface area (Å²) in [5.74, 6) is 0.942. The summed E-state index contributed by atoms with van der Waals surface area (Å²) in [6.45, 7) is 4.90. The lowest BCUT2D eigenvalue weighted by molar-refractivity contribution is 0.170. The van der Waals surface area contributed by atoms with Gasteiger partial charge in [-0.15, -0.1) is 0 Å². The fourth-order valence-electron chi connectivity index (χ4n) is 3.52. The molecule has 2 fully saturated rings. The van der Waals surface area contributed by atoms with Gasteiger partial charge in [0.1, 0.15) is 0 Å². The third kappa shape index (κ3) is 3.96. The number of nitrogens with one attached hydrogen (secondary N) is 1. The summed E-state index contributed by atoms with van der Waals surface area (Å²) in [5, 5.41) is 3.81. The van der Waals surface area contributed by atoms with E-state index in [4.69, 9.17) is 0 Å². The van der Waals surface area contributed by atoms with E-state index in [0.717, 1.165) is 18.0 Å². The van der Waals surface area contributed by atoms with E-state index in [2.05, 4.69) is 24.2 Å². The third-order valence-corrected chi connectivity index (χ3v) is 4.95. The van der Waals surface area contributed by atoms with Gasteiger partial charge in [-0.25, -0.2) is 0 Å². The molecule has 1 aliphatic heterocycles. The maximum atomic E-state index is 3.81. The molecule has 0 spiro atoms. The highest BCUT2D eigenvalue weighted by Crippen LogP contribution is 2.26. The molecule has 1 aliphatic carbocycles. The summed E-state index contributed by atoms with van der Waals surface area (Å²) in [4.78, 5) is 2.55. The van der Waals surface area contributed by atoms with E-state index in [-0.39, 0.29) is 0 Å². The number of likely N-dealkylation sites (tertiary alicyclic amines) is 1. The van der Waals surface area contributed by atoms with E-state index in [9.17, 15) is 0 Å². The first-order chi connectivity index (χ1) is 8.27. The van der Waals surface area contributed by atoms with Crippen molar-refractivity contribution in [1.82, 2.24) is 10.2 Å². The molecule has 1 saturated carbocycles. The molecule has 1 unspecified atom stereocenters. The van der Waals surface area contributed by atoms with Gasteiger partial charge in [-0.2, -0.15) is 0 Å². The minimum Gasteiger partial charge on any atom is -0.312 e. The molecule has 1 heterocycles. The van der Waals surface area contributed by atoms with Gasteiger partial charge in [-0.1, -0.05) is 25.7 Å². The lowest BCUT2D eigenvalue weighted by Crippen LogP contribution is -2.46. The van der Waals surface area contributed by atoms with Gasteiger partial charge in [0.15, 0.2) is 0 Å². The predicted octanol–water partition coefficient (Wildman–Crippen LogP) is 3.03. The molecule has 0 aromatic carbocycles. The van der Waals surface area contributed by atoms with E-state index in [1.165, 1.54) is 64.5 Å². The topological polar surface area (TPSA) is 15.3 Å². The van der Waals surface area contributed by atoms with Crippen LogP contribution in [0, 0.1) is 5.92 Å². The predicted molar refractivity (Wildman–Crippen MR) is 74.3 cm³/mol. The molecule has 2 atom stereocenters. The maximum absolute atomic E-state index is 3.81. The number of nitrogens with zero attached hydrogens (tertiary/aromatic N) is 1. The summed E-state index contributed by atoms with van der Waals surface area (Å²) in [6, 6.07) is 1.51. The van der Waals surface area contributed by atoms with Crippen LogP contribution >= 0.6 is 0 Å². The van der Waals surface area contributed by atoms with Crippen LogP contribution in [0.5, 0.6) is 0 Å². The Labute approximate surface area is 107 Å². The zero-order valence-corrected chi connectivity index (χ0v) is 11.8. The first kappa shape index (κ1) is 13.4. The summed E-state index contributed by atoms with van der Waals surface area (Å²) >= 11 is 0. The summed E-state index contributed by atoms with van der Waals surface area (Å²) in [6.07, 6.45) is 11.5. The first-order valence-electron chi connectivity index (χ1n) is 7.71. The highest BCUT2D eigenvalue weighted by atomic mass is 15.2. The van der Waals surface area contributed by atoms with Gasteiger partial charge in [0.05, 0.1) is 0 Å². The monoisotopic (exact) mass is 238 g/mol. The Morgan fingerprint density at radius 2 is 1.76 bits per heavy atom. The van der Waals surface area contributed by atoms with Crippen molar-refractivity contribution in [2.24, 2.45) is 5.92 Å². The second kappa shape index (κ2) is 6.75. The number of hydrogen-bond acceptors (Lipinski definition) is 2. The van der Waals surface area contributed by atoms with E-state index in [1.807, 2.05) is 0 Å². The molecule has 0 radical (unpaired) electrons. The second-order valence-corrected chi connectivity index (χ2v) is 6.23. The molecular formula is C15H30N2. The molecule has 1 N–H and O–H groups in total. The molecule has 2 nitrogen and oxygen atoms in total. The SMILES string of the molecule is C[C@@H](NCC1CCCCN1C)C1CCCCC1. The fourth-order valence-corrected chi connectivity index (χ4v) is 3.52. The number of rotatable bonds is 4. The van der Waals surface area contributed by atoms with Gasteiger partial charge in [0, 0.05) is 18.6 Å². The van der Waals surface area contributed by atoms with Crippen LogP contribution in [0.15, 0.2) is 0 Å². The quantitative estimate of drug-likeness (QED) is 0.810. The minimum atomic E-state index is 0.727. The third-order valence-electron chi connectivity index (χ3n) is 4.95. The van der Waals surface area contributed by atoms with E-state index in [0.29, 0.717) is 0 Å². The largest absolute Gasteiger partial charge is 0.312 e. The van der Waals surface area contributed by atoms with Crippen molar-refractivity contribution in [2.75, 3.05) is 20.1 Å². The van der Waals surface area contributed by atoms with Crippen LogP contribution in [0.1, 0.15) is 58.3 Å². The summed E-state index contributed by atoms with van der Waals surface area (Å²) in [7, 11) is 2.29. The fraction of sp³-hybridized carbons (Fsp3) is 1.00. The van der Waals surface area contributed by atoms with Gasteiger partial charge < -0.3 is 10.2 Å². The van der Waals surface area contributed by atoms with Crippen molar-refractivity contribution in [2.45, 2.75) is 70.4 Å². The summed E-state index contributed by atoms with van der Waals surface area (Å²) < 4.78 is 0. The van der Waals surface area contributed by atoms with Crippen LogP contribution in [0.3, 0.4) is 0 Å². The molecule has 0 aromatic heterocycles. The molecule has 2 rings (SSSR count). The molecule has 0 amide bonds. The van der Waals surface area contributed by atoms with Crippen molar-refractivity contribution in [3.63, 3.8) is 0 Å². The van der Waals surface area contributed by atoms with E-state index in [1.54, 1.807) is 0 Å². The van der Waals surface area contributed by atoms with Crippen LogP contribution in [-0.4, -0.2) is 37.1 Å². The Morgan fingerprint density at radius 1 is 1.06 bits per heavy atom. The van der Waals surface area contributed by atoms with Crippen molar-refractivity contribution in [1.29, 1.82) is 0 Å². The Morgan fingerprint density at radius 3 is 2.47 bits per heavy atom. The van der Waals surface area contributed by atoms with Crippen molar-refractivity contribution >= 4 is 0 Å². The van der Waals surface area contributed by atoms with Gasteiger partial charge in [-0.05, 0) is 52.1 Å². The average molecular weight is 238 g/mol. The average Bonchev–Trinajstić information content (AvgIpc) is 2.38. The minimum absolute atomic E-state index is 0.727. The summed E-state index contributed by atoms with van der Waals surface area (Å²) in [5.41, 5.74) is 0. The smallest absolute Gasteiger partial charge is 0.0217 e. The van der Waals surface area contributed by atoms with E-state index >= 15 is 0 Å². The Bertz CT molecular complexity index is 211. The molecule has 1 saturated heterocycles. The van der Waals surface area contributed by atoms with Gasteiger partial charge in [0.2, 0.25) is 0 Å². The first-order valence-corrected chi connectivity index (χ1v) is 7.71. The van der Waals surface area contributed by atoms with Crippen LogP contribution in [0.2, 0.25) is 0 Å². The van der Waals surface area contributed by atoms with Gasteiger partial charge >= 0.3 is 0 Å². The highest BCUT2D eigenvalue weighted by molar-refractivity contribution is 4.81.